The molecule has 0 atom stereocenters. The zero-order chi connectivity index (χ0) is 13.0. The van der Waals surface area contributed by atoms with Crippen LogP contribution in [0.3, 0.4) is 0 Å². The summed E-state index contributed by atoms with van der Waals surface area (Å²) in [7, 11) is 1.60. The second-order valence-corrected chi connectivity index (χ2v) is 4.79. The Kier molecular flexibility index (Phi) is 4.62. The molecule has 2 nitrogen and oxygen atoms in total. The van der Waals surface area contributed by atoms with Gasteiger partial charge in [-0.3, -0.25) is 0 Å². The van der Waals surface area contributed by atoms with Gasteiger partial charge in [-0.15, -0.1) is 6.58 Å². The number of phenols is 1. The standard InChI is InChI=1S/C15H22O2/c1-6-7-12-11(4)9-14(16)15(17-5)13(12)8-10(2)3/h6,9-10,16H,1,7-8H2,2-5H3. The van der Waals surface area contributed by atoms with Gasteiger partial charge in [0.05, 0.1) is 7.11 Å². The molecule has 0 heterocycles. The molecule has 0 aliphatic rings. The fraction of sp³-hybridized carbons (Fsp3) is 0.467. The van der Waals surface area contributed by atoms with Crippen molar-refractivity contribution in [3.8, 4) is 11.5 Å². The van der Waals surface area contributed by atoms with Gasteiger partial charge in [0.25, 0.3) is 0 Å². The molecule has 1 aromatic rings. The zero-order valence-electron chi connectivity index (χ0n) is 11.2. The molecule has 0 spiro atoms. The number of ether oxygens (including phenoxy) is 1. The van der Waals surface area contributed by atoms with E-state index in [4.69, 9.17) is 4.74 Å². The van der Waals surface area contributed by atoms with Crippen molar-refractivity contribution in [2.75, 3.05) is 7.11 Å². The summed E-state index contributed by atoms with van der Waals surface area (Å²) < 4.78 is 5.33. The Morgan fingerprint density at radius 3 is 2.53 bits per heavy atom. The van der Waals surface area contributed by atoms with E-state index < -0.39 is 0 Å². The van der Waals surface area contributed by atoms with Crippen LogP contribution in [0.4, 0.5) is 0 Å². The third kappa shape index (κ3) is 3.02. The highest BCUT2D eigenvalue weighted by Crippen LogP contribution is 2.36. The number of phenolic OH excluding ortho intramolecular Hbond substituents is 1. The van der Waals surface area contributed by atoms with Gasteiger partial charge in [-0.05, 0) is 42.9 Å². The molecule has 17 heavy (non-hydrogen) atoms. The Labute approximate surface area is 104 Å². The highest BCUT2D eigenvalue weighted by atomic mass is 16.5. The Bertz CT molecular complexity index is 406. The Morgan fingerprint density at radius 2 is 2.06 bits per heavy atom. The third-order valence-electron chi connectivity index (χ3n) is 2.87. The second-order valence-electron chi connectivity index (χ2n) is 4.79. The molecule has 2 heteroatoms. The van der Waals surface area contributed by atoms with Crippen LogP contribution in [-0.4, -0.2) is 12.2 Å². The van der Waals surface area contributed by atoms with Crippen LogP contribution in [0.15, 0.2) is 18.7 Å². The SMILES string of the molecule is C=CCc1c(C)cc(O)c(OC)c1CC(C)C. The monoisotopic (exact) mass is 234 g/mol. The maximum atomic E-state index is 9.93. The van der Waals surface area contributed by atoms with Crippen LogP contribution in [-0.2, 0) is 12.8 Å². The Morgan fingerprint density at radius 1 is 1.41 bits per heavy atom. The van der Waals surface area contributed by atoms with Gasteiger partial charge in [0.1, 0.15) is 0 Å². The number of aromatic hydroxyl groups is 1. The molecule has 0 amide bonds. The predicted molar refractivity (Wildman–Crippen MR) is 71.8 cm³/mol. The van der Waals surface area contributed by atoms with E-state index in [2.05, 4.69) is 20.4 Å². The van der Waals surface area contributed by atoms with Crippen LogP contribution >= 0.6 is 0 Å². The Balaban J connectivity index is 3.39. The highest BCUT2D eigenvalue weighted by molar-refractivity contribution is 5.54. The summed E-state index contributed by atoms with van der Waals surface area (Å²) in [5, 5.41) is 9.93. The van der Waals surface area contributed by atoms with Crippen molar-refractivity contribution in [2.24, 2.45) is 5.92 Å². The van der Waals surface area contributed by atoms with Crippen LogP contribution in [0.5, 0.6) is 11.5 Å². The van der Waals surface area contributed by atoms with Crippen molar-refractivity contribution in [1.29, 1.82) is 0 Å². The second kappa shape index (κ2) is 5.76. The molecular weight excluding hydrogens is 212 g/mol. The number of rotatable bonds is 5. The lowest BCUT2D eigenvalue weighted by molar-refractivity contribution is 0.366. The van der Waals surface area contributed by atoms with E-state index in [9.17, 15) is 5.11 Å². The summed E-state index contributed by atoms with van der Waals surface area (Å²) in [6, 6.07) is 1.77. The molecule has 1 N–H and O–H groups in total. The lowest BCUT2D eigenvalue weighted by Gasteiger charge is -2.18. The van der Waals surface area contributed by atoms with Gasteiger partial charge in [-0.2, -0.15) is 0 Å². The normalized spacial score (nSPS) is 10.6. The van der Waals surface area contributed by atoms with Crippen LogP contribution in [0.1, 0.15) is 30.5 Å². The summed E-state index contributed by atoms with van der Waals surface area (Å²) in [5.41, 5.74) is 3.43. The van der Waals surface area contributed by atoms with Crippen LogP contribution in [0, 0.1) is 12.8 Å². The molecule has 94 valence electrons. The number of methoxy groups -OCH3 is 1. The predicted octanol–water partition coefficient (Wildman–Crippen LogP) is 3.64. The van der Waals surface area contributed by atoms with Crippen molar-refractivity contribution in [3.05, 3.63) is 35.4 Å². The molecule has 0 unspecified atom stereocenters. The zero-order valence-corrected chi connectivity index (χ0v) is 11.2. The van der Waals surface area contributed by atoms with E-state index in [1.807, 2.05) is 13.0 Å². The molecule has 0 aliphatic carbocycles. The molecular formula is C15H22O2. The van der Waals surface area contributed by atoms with Gasteiger partial charge >= 0.3 is 0 Å². The first-order chi connectivity index (χ1) is 8.01. The van der Waals surface area contributed by atoms with Gasteiger partial charge in [-0.25, -0.2) is 0 Å². The number of benzene rings is 1. The lowest BCUT2D eigenvalue weighted by Crippen LogP contribution is -2.04. The van der Waals surface area contributed by atoms with E-state index in [0.717, 1.165) is 24.0 Å². The summed E-state index contributed by atoms with van der Waals surface area (Å²) in [4.78, 5) is 0. The molecule has 0 saturated carbocycles. The van der Waals surface area contributed by atoms with Crippen LogP contribution in [0.25, 0.3) is 0 Å². The van der Waals surface area contributed by atoms with Gasteiger partial charge < -0.3 is 9.84 Å². The van der Waals surface area contributed by atoms with Gasteiger partial charge in [-0.1, -0.05) is 19.9 Å². The summed E-state index contributed by atoms with van der Waals surface area (Å²) in [6.45, 7) is 10.1. The van der Waals surface area contributed by atoms with E-state index in [1.165, 1.54) is 5.56 Å². The number of allylic oxidation sites excluding steroid dienone is 1. The van der Waals surface area contributed by atoms with Crippen LogP contribution < -0.4 is 4.74 Å². The minimum absolute atomic E-state index is 0.230. The minimum Gasteiger partial charge on any atom is -0.504 e. The molecule has 0 radical (unpaired) electrons. The third-order valence-corrected chi connectivity index (χ3v) is 2.87. The number of aryl methyl sites for hydroxylation is 1. The first kappa shape index (κ1) is 13.6. The van der Waals surface area contributed by atoms with E-state index in [1.54, 1.807) is 13.2 Å². The molecule has 0 fully saturated rings. The molecule has 1 rings (SSSR count). The first-order valence-electron chi connectivity index (χ1n) is 6.00. The average molecular weight is 234 g/mol. The number of hydrogen-bond acceptors (Lipinski definition) is 2. The molecule has 0 aromatic heterocycles. The summed E-state index contributed by atoms with van der Waals surface area (Å²) >= 11 is 0. The van der Waals surface area contributed by atoms with Gasteiger partial charge in [0.2, 0.25) is 0 Å². The van der Waals surface area contributed by atoms with Crippen molar-refractivity contribution in [3.63, 3.8) is 0 Å². The minimum atomic E-state index is 0.230. The van der Waals surface area contributed by atoms with Crippen molar-refractivity contribution in [2.45, 2.75) is 33.6 Å². The summed E-state index contributed by atoms with van der Waals surface area (Å²) in [5.74, 6) is 1.36. The maximum absolute atomic E-state index is 9.93. The smallest absolute Gasteiger partial charge is 0.163 e. The summed E-state index contributed by atoms with van der Waals surface area (Å²) in [6.07, 6.45) is 3.61. The van der Waals surface area contributed by atoms with E-state index in [0.29, 0.717) is 11.7 Å². The quantitative estimate of drug-likeness (QED) is 0.788. The molecule has 0 saturated heterocycles. The largest absolute Gasteiger partial charge is 0.504 e. The first-order valence-corrected chi connectivity index (χ1v) is 6.00. The van der Waals surface area contributed by atoms with Gasteiger partial charge in [0, 0.05) is 5.56 Å². The topological polar surface area (TPSA) is 29.5 Å². The number of hydrogen-bond donors (Lipinski definition) is 1. The lowest BCUT2D eigenvalue weighted by atomic mass is 9.91. The molecule has 0 bridgehead atoms. The molecule has 0 aliphatic heterocycles. The van der Waals surface area contributed by atoms with E-state index >= 15 is 0 Å². The van der Waals surface area contributed by atoms with Crippen molar-refractivity contribution >= 4 is 0 Å². The fourth-order valence-electron chi connectivity index (χ4n) is 2.17. The van der Waals surface area contributed by atoms with Crippen LogP contribution in [0.2, 0.25) is 0 Å². The van der Waals surface area contributed by atoms with Crippen molar-refractivity contribution < 1.29 is 9.84 Å². The van der Waals surface area contributed by atoms with Crippen molar-refractivity contribution in [1.82, 2.24) is 0 Å². The van der Waals surface area contributed by atoms with E-state index in [-0.39, 0.29) is 5.75 Å². The Hall–Kier alpha value is -1.44. The molecule has 1 aromatic carbocycles. The maximum Gasteiger partial charge on any atom is 0.163 e. The highest BCUT2D eigenvalue weighted by Gasteiger charge is 2.16. The van der Waals surface area contributed by atoms with Gasteiger partial charge in [0.15, 0.2) is 11.5 Å². The average Bonchev–Trinajstić information content (AvgIpc) is 2.23. The fourth-order valence-corrected chi connectivity index (χ4v) is 2.17.